The van der Waals surface area contributed by atoms with E-state index < -0.39 is 9.84 Å². The molecule has 26 heavy (non-hydrogen) atoms. The first-order valence-corrected chi connectivity index (χ1v) is 10.9. The Bertz CT molecular complexity index is 745. The molecule has 8 heteroatoms. The van der Waals surface area contributed by atoms with Gasteiger partial charge < -0.3 is 19.4 Å². The lowest BCUT2D eigenvalue weighted by Gasteiger charge is -2.34. The van der Waals surface area contributed by atoms with E-state index in [-0.39, 0.29) is 23.5 Å². The van der Waals surface area contributed by atoms with Gasteiger partial charge in [-0.1, -0.05) is 6.07 Å². The van der Waals surface area contributed by atoms with Gasteiger partial charge >= 0.3 is 0 Å². The predicted molar refractivity (Wildman–Crippen MR) is 101 cm³/mol. The number of nitrogens with one attached hydrogen (secondary N) is 1. The summed E-state index contributed by atoms with van der Waals surface area (Å²) in [6.45, 7) is 3.98. The fourth-order valence-electron chi connectivity index (χ4n) is 3.69. The second-order valence-corrected chi connectivity index (χ2v) is 9.41. The summed E-state index contributed by atoms with van der Waals surface area (Å²) in [6, 6.07) is 7.87. The molecule has 0 saturated carbocycles. The van der Waals surface area contributed by atoms with Crippen LogP contribution in [0, 0.1) is 0 Å². The molecule has 144 valence electrons. The first-order chi connectivity index (χ1) is 12.4. The number of piperazine rings is 1. The first-order valence-electron chi connectivity index (χ1n) is 9.06. The van der Waals surface area contributed by atoms with E-state index in [9.17, 15) is 13.2 Å². The highest BCUT2D eigenvalue weighted by molar-refractivity contribution is 7.91. The summed E-state index contributed by atoms with van der Waals surface area (Å²) < 4.78 is 28.5. The maximum atomic E-state index is 12.5. The number of hydrogen-bond acceptors (Lipinski definition) is 5. The number of sulfone groups is 1. The second-order valence-electron chi connectivity index (χ2n) is 7.18. The van der Waals surface area contributed by atoms with Gasteiger partial charge in [0.05, 0.1) is 44.8 Å². The first kappa shape index (κ1) is 19.0. The van der Waals surface area contributed by atoms with Gasteiger partial charge in [0.1, 0.15) is 5.75 Å². The molecule has 1 aromatic rings. The fourth-order valence-corrected chi connectivity index (χ4v) is 5.46. The van der Waals surface area contributed by atoms with Gasteiger partial charge in [-0.15, -0.1) is 0 Å². The zero-order valence-corrected chi connectivity index (χ0v) is 16.3. The summed E-state index contributed by atoms with van der Waals surface area (Å²) >= 11 is 0. The summed E-state index contributed by atoms with van der Waals surface area (Å²) in [5, 5.41) is 0. The van der Waals surface area contributed by atoms with Crippen molar-refractivity contribution in [2.75, 3.05) is 63.3 Å². The molecule has 0 bridgehead atoms. The van der Waals surface area contributed by atoms with Crippen LogP contribution in [0.2, 0.25) is 0 Å². The summed E-state index contributed by atoms with van der Waals surface area (Å²) in [4.78, 5) is 17.7. The lowest BCUT2D eigenvalue weighted by molar-refractivity contribution is -0.892. The number of carbonyl (C=O) groups is 1. The van der Waals surface area contributed by atoms with E-state index in [1.807, 2.05) is 18.2 Å². The summed E-state index contributed by atoms with van der Waals surface area (Å²) in [6.07, 6.45) is 0.559. The van der Waals surface area contributed by atoms with Crippen molar-refractivity contribution in [2.24, 2.45) is 0 Å². The Labute approximate surface area is 155 Å². The van der Waals surface area contributed by atoms with Gasteiger partial charge in [0.15, 0.2) is 16.4 Å². The van der Waals surface area contributed by atoms with Crippen molar-refractivity contribution in [1.82, 2.24) is 4.90 Å². The number of amides is 1. The smallest absolute Gasteiger partial charge is 0.277 e. The van der Waals surface area contributed by atoms with E-state index >= 15 is 0 Å². The number of rotatable bonds is 5. The lowest BCUT2D eigenvalue weighted by atomic mass is 10.2. The molecule has 0 spiro atoms. The Hall–Kier alpha value is -1.80. The fraction of sp³-hybridized carbons (Fsp3) is 0.611. The van der Waals surface area contributed by atoms with Crippen molar-refractivity contribution >= 4 is 21.4 Å². The van der Waals surface area contributed by atoms with Gasteiger partial charge in [-0.25, -0.2) is 8.42 Å². The van der Waals surface area contributed by atoms with Crippen LogP contribution >= 0.6 is 0 Å². The van der Waals surface area contributed by atoms with Crippen molar-refractivity contribution in [2.45, 2.75) is 12.5 Å². The minimum absolute atomic E-state index is 0.0388. The zero-order valence-electron chi connectivity index (χ0n) is 15.5. The van der Waals surface area contributed by atoms with E-state index in [1.54, 1.807) is 19.1 Å². The van der Waals surface area contributed by atoms with Crippen LogP contribution in [-0.4, -0.2) is 83.7 Å². The maximum Gasteiger partial charge on any atom is 0.277 e. The molecule has 2 fully saturated rings. The minimum Gasteiger partial charge on any atom is -0.497 e. The number of anilines is 1. The summed E-state index contributed by atoms with van der Waals surface area (Å²) in [5.74, 6) is 1.19. The number of hydrogen-bond donors (Lipinski definition) is 1. The third-order valence-corrected chi connectivity index (χ3v) is 7.19. The number of nitrogens with zero attached hydrogens (tertiary/aromatic N) is 2. The Morgan fingerprint density at radius 2 is 2.08 bits per heavy atom. The van der Waals surface area contributed by atoms with Crippen LogP contribution in [-0.2, 0) is 14.6 Å². The molecule has 0 aliphatic carbocycles. The molecule has 1 N–H and O–H groups in total. The van der Waals surface area contributed by atoms with Gasteiger partial charge in [-0.2, -0.15) is 0 Å². The Kier molecular flexibility index (Phi) is 5.72. The van der Waals surface area contributed by atoms with E-state index in [0.717, 1.165) is 37.6 Å². The van der Waals surface area contributed by atoms with Gasteiger partial charge in [-0.3, -0.25) is 4.79 Å². The van der Waals surface area contributed by atoms with Gasteiger partial charge in [0, 0.05) is 24.8 Å². The van der Waals surface area contributed by atoms with Crippen LogP contribution in [0.5, 0.6) is 5.75 Å². The highest BCUT2D eigenvalue weighted by Gasteiger charge is 2.34. The average Bonchev–Trinajstić information content (AvgIpc) is 3.01. The number of likely N-dealkylation sites (N-methyl/N-ethyl adjacent to an activating group) is 1. The highest BCUT2D eigenvalue weighted by atomic mass is 32.2. The molecule has 3 rings (SSSR count). The van der Waals surface area contributed by atoms with Crippen molar-refractivity contribution in [3.8, 4) is 5.75 Å². The third-order valence-electron chi connectivity index (χ3n) is 5.44. The Morgan fingerprint density at radius 1 is 1.35 bits per heavy atom. The SMILES string of the molecule is COc1cccc(N2CC[NH+](CC(=O)N(C)[C@H]3CCS(=O)(=O)C3)CC2)c1. The molecular weight excluding hydrogens is 354 g/mol. The quantitative estimate of drug-likeness (QED) is 0.711. The summed E-state index contributed by atoms with van der Waals surface area (Å²) in [5.41, 5.74) is 1.14. The molecule has 0 unspecified atom stereocenters. The number of benzene rings is 1. The van der Waals surface area contributed by atoms with Gasteiger partial charge in [-0.05, 0) is 18.6 Å². The molecule has 2 aliphatic heterocycles. The molecular formula is C18H28N3O4S+. The number of carbonyl (C=O) groups excluding carboxylic acids is 1. The van der Waals surface area contributed by atoms with Crippen molar-refractivity contribution in [3.63, 3.8) is 0 Å². The molecule has 1 amide bonds. The van der Waals surface area contributed by atoms with Crippen LogP contribution in [0.3, 0.4) is 0 Å². The van der Waals surface area contributed by atoms with E-state index in [0.29, 0.717) is 13.0 Å². The Morgan fingerprint density at radius 3 is 2.69 bits per heavy atom. The predicted octanol–water partition coefficient (Wildman–Crippen LogP) is -0.954. The van der Waals surface area contributed by atoms with E-state index in [1.165, 1.54) is 4.90 Å². The number of quaternary nitrogens is 1. The molecule has 0 radical (unpaired) electrons. The van der Waals surface area contributed by atoms with Crippen molar-refractivity contribution in [3.05, 3.63) is 24.3 Å². The van der Waals surface area contributed by atoms with E-state index in [2.05, 4.69) is 11.0 Å². The van der Waals surface area contributed by atoms with E-state index in [4.69, 9.17) is 4.74 Å². The molecule has 7 nitrogen and oxygen atoms in total. The zero-order chi connectivity index (χ0) is 18.7. The molecule has 1 atom stereocenters. The third kappa shape index (κ3) is 4.48. The summed E-state index contributed by atoms with van der Waals surface area (Å²) in [7, 11) is 0.433. The Balaban J connectivity index is 1.49. The normalized spacial score (nSPS) is 23.0. The number of methoxy groups -OCH3 is 1. The van der Waals surface area contributed by atoms with Crippen LogP contribution in [0.25, 0.3) is 0 Å². The van der Waals surface area contributed by atoms with Crippen molar-refractivity contribution in [1.29, 1.82) is 0 Å². The molecule has 1 aromatic carbocycles. The van der Waals surface area contributed by atoms with Gasteiger partial charge in [0.25, 0.3) is 5.91 Å². The van der Waals surface area contributed by atoms with Crippen LogP contribution < -0.4 is 14.5 Å². The second kappa shape index (κ2) is 7.84. The molecule has 2 saturated heterocycles. The topological polar surface area (TPSA) is 71.4 Å². The van der Waals surface area contributed by atoms with Crippen LogP contribution in [0.15, 0.2) is 24.3 Å². The van der Waals surface area contributed by atoms with Gasteiger partial charge in [0.2, 0.25) is 0 Å². The van der Waals surface area contributed by atoms with Crippen molar-refractivity contribution < 1.29 is 22.8 Å². The molecule has 2 aliphatic rings. The largest absolute Gasteiger partial charge is 0.497 e. The standard InChI is InChI=1S/C18H27N3O4S/c1-19(16-6-11-26(23,24)14-16)18(22)13-20-7-9-21(10-8-20)15-4-3-5-17(12-15)25-2/h3-5,12,16H,6-11,13-14H2,1-2H3/p+1/t16-/m0/s1. The molecule has 0 aromatic heterocycles. The highest BCUT2D eigenvalue weighted by Crippen LogP contribution is 2.20. The van der Waals surface area contributed by atoms with Crippen LogP contribution in [0.4, 0.5) is 5.69 Å². The monoisotopic (exact) mass is 382 g/mol. The maximum absolute atomic E-state index is 12.5. The molecule has 2 heterocycles. The van der Waals surface area contributed by atoms with Crippen LogP contribution in [0.1, 0.15) is 6.42 Å². The minimum atomic E-state index is -2.97. The lowest BCUT2D eigenvalue weighted by Crippen LogP contribution is -3.16. The number of ether oxygens (including phenoxy) is 1. The average molecular weight is 383 g/mol.